The standard InChI is InChI=1S/C22H24N2O3/c1-14-4-7-17-13-18(22(26)24-21(17)15(14)2)10-11-23-20(25)12-16-5-8-19(27-3)9-6-16/h4-9,13,18H,10-12H2,1-3H3,(H,23,25). The Hall–Kier alpha value is -2.95. The van der Waals surface area contributed by atoms with Crippen LogP contribution in [0.1, 0.15) is 23.1 Å². The minimum atomic E-state index is -0.291. The fraction of sp³-hybridized carbons (Fsp3) is 0.318. The number of aryl methyl sites for hydroxylation is 1. The molecule has 0 bridgehead atoms. The first-order valence-corrected chi connectivity index (χ1v) is 9.08. The molecule has 5 heteroatoms. The van der Waals surface area contributed by atoms with E-state index in [2.05, 4.69) is 10.3 Å². The highest BCUT2D eigenvalue weighted by atomic mass is 16.5. The van der Waals surface area contributed by atoms with Crippen LogP contribution < -0.4 is 20.6 Å². The van der Waals surface area contributed by atoms with Crippen LogP contribution >= 0.6 is 0 Å². The number of amides is 2. The quantitative estimate of drug-likeness (QED) is 0.847. The summed E-state index contributed by atoms with van der Waals surface area (Å²) in [6.07, 6.45) is 2.81. The van der Waals surface area contributed by atoms with Gasteiger partial charge in [-0.1, -0.05) is 30.3 Å². The summed E-state index contributed by atoms with van der Waals surface area (Å²) in [6, 6.07) is 11.5. The Labute approximate surface area is 158 Å². The molecule has 1 atom stereocenters. The molecule has 1 unspecified atom stereocenters. The number of fused-ring (bicyclic) bond motifs is 1. The third kappa shape index (κ3) is 4.42. The lowest BCUT2D eigenvalue weighted by Crippen LogP contribution is -2.37. The van der Waals surface area contributed by atoms with Crippen LogP contribution in [-0.4, -0.2) is 25.5 Å². The molecule has 27 heavy (non-hydrogen) atoms. The van der Waals surface area contributed by atoms with Gasteiger partial charge in [-0.05, 0) is 54.3 Å². The molecule has 1 aliphatic heterocycles. The van der Waals surface area contributed by atoms with E-state index in [1.165, 1.54) is 0 Å². The Balaban J connectivity index is 1.57. The monoisotopic (exact) mass is 364 g/mol. The molecule has 0 saturated carbocycles. The first-order chi connectivity index (χ1) is 13.0. The maximum absolute atomic E-state index is 12.3. The SMILES string of the molecule is COc1ccc(CC(=O)NCCC2C=c3ccc(C)c(C)c3=NC2=O)cc1. The number of carbonyl (C=O) groups excluding carboxylic acids is 2. The van der Waals surface area contributed by atoms with Gasteiger partial charge in [-0.15, -0.1) is 0 Å². The number of ether oxygens (including phenoxy) is 1. The summed E-state index contributed by atoms with van der Waals surface area (Å²) >= 11 is 0. The second kappa shape index (κ2) is 8.16. The van der Waals surface area contributed by atoms with Gasteiger partial charge in [0.2, 0.25) is 5.91 Å². The molecule has 0 saturated heterocycles. The lowest BCUT2D eigenvalue weighted by atomic mass is 9.98. The van der Waals surface area contributed by atoms with Crippen LogP contribution in [0.15, 0.2) is 41.4 Å². The summed E-state index contributed by atoms with van der Waals surface area (Å²) < 4.78 is 5.11. The number of benzene rings is 2. The largest absolute Gasteiger partial charge is 0.497 e. The Morgan fingerprint density at radius 3 is 2.59 bits per heavy atom. The predicted octanol–water partition coefficient (Wildman–Crippen LogP) is 1.62. The van der Waals surface area contributed by atoms with E-state index in [9.17, 15) is 9.59 Å². The first-order valence-electron chi connectivity index (χ1n) is 9.08. The summed E-state index contributed by atoms with van der Waals surface area (Å²) in [5.41, 5.74) is 3.09. The van der Waals surface area contributed by atoms with Gasteiger partial charge >= 0.3 is 0 Å². The van der Waals surface area contributed by atoms with Crippen molar-refractivity contribution in [2.75, 3.05) is 13.7 Å². The van der Waals surface area contributed by atoms with Crippen molar-refractivity contribution in [1.29, 1.82) is 0 Å². The van der Waals surface area contributed by atoms with Crippen LogP contribution in [0.4, 0.5) is 0 Å². The van der Waals surface area contributed by atoms with Crippen molar-refractivity contribution in [3.63, 3.8) is 0 Å². The van der Waals surface area contributed by atoms with E-state index in [1.54, 1.807) is 7.11 Å². The van der Waals surface area contributed by atoms with Gasteiger partial charge in [-0.2, -0.15) is 0 Å². The predicted molar refractivity (Wildman–Crippen MR) is 104 cm³/mol. The van der Waals surface area contributed by atoms with Gasteiger partial charge in [0.1, 0.15) is 5.75 Å². The molecule has 1 aliphatic rings. The second-order valence-corrected chi connectivity index (χ2v) is 6.83. The molecule has 3 rings (SSSR count). The minimum absolute atomic E-state index is 0.0627. The van der Waals surface area contributed by atoms with E-state index in [1.807, 2.05) is 56.3 Å². The fourth-order valence-electron chi connectivity index (χ4n) is 3.15. The average molecular weight is 364 g/mol. The highest BCUT2D eigenvalue weighted by Crippen LogP contribution is 2.12. The summed E-state index contributed by atoms with van der Waals surface area (Å²) in [4.78, 5) is 28.7. The topological polar surface area (TPSA) is 67.8 Å². The molecule has 2 amide bonds. The average Bonchev–Trinajstić information content (AvgIpc) is 2.66. The summed E-state index contributed by atoms with van der Waals surface area (Å²) in [6.45, 7) is 4.44. The molecule has 1 heterocycles. The summed E-state index contributed by atoms with van der Waals surface area (Å²) in [5.74, 6) is 0.272. The van der Waals surface area contributed by atoms with E-state index in [-0.39, 0.29) is 17.7 Å². The van der Waals surface area contributed by atoms with Crippen molar-refractivity contribution < 1.29 is 14.3 Å². The zero-order valence-electron chi connectivity index (χ0n) is 15.9. The number of rotatable bonds is 6. The highest BCUT2D eigenvalue weighted by Gasteiger charge is 2.19. The molecule has 2 aromatic rings. The van der Waals surface area contributed by atoms with E-state index >= 15 is 0 Å². The number of methoxy groups -OCH3 is 1. The van der Waals surface area contributed by atoms with E-state index in [4.69, 9.17) is 4.74 Å². The van der Waals surface area contributed by atoms with Crippen molar-refractivity contribution in [1.82, 2.24) is 5.32 Å². The molecule has 0 spiro atoms. The van der Waals surface area contributed by atoms with Crippen molar-refractivity contribution in [2.45, 2.75) is 26.7 Å². The van der Waals surface area contributed by atoms with E-state index in [0.29, 0.717) is 19.4 Å². The van der Waals surface area contributed by atoms with Gasteiger partial charge in [0.15, 0.2) is 0 Å². The minimum Gasteiger partial charge on any atom is -0.497 e. The van der Waals surface area contributed by atoms with Gasteiger partial charge < -0.3 is 10.1 Å². The Morgan fingerprint density at radius 1 is 1.15 bits per heavy atom. The van der Waals surface area contributed by atoms with Gasteiger partial charge in [0, 0.05) is 6.54 Å². The van der Waals surface area contributed by atoms with E-state index in [0.717, 1.165) is 33.0 Å². The normalized spacial score (nSPS) is 15.4. The number of hydrogen-bond donors (Lipinski definition) is 1. The molecule has 5 nitrogen and oxygen atoms in total. The molecular formula is C22H24N2O3. The van der Waals surface area contributed by atoms with Crippen molar-refractivity contribution in [3.05, 3.63) is 63.7 Å². The Kier molecular flexibility index (Phi) is 5.69. The molecule has 0 fully saturated rings. The van der Waals surface area contributed by atoms with Gasteiger partial charge in [-0.3, -0.25) is 9.59 Å². The number of nitrogens with one attached hydrogen (secondary N) is 1. The summed E-state index contributed by atoms with van der Waals surface area (Å²) in [5, 5.41) is 4.66. The smallest absolute Gasteiger partial charge is 0.253 e. The Bertz CT molecular complexity index is 978. The lowest BCUT2D eigenvalue weighted by Gasteiger charge is -2.14. The molecule has 0 aromatic heterocycles. The third-order valence-corrected chi connectivity index (χ3v) is 4.95. The molecule has 0 aliphatic carbocycles. The molecular weight excluding hydrogens is 340 g/mol. The van der Waals surface area contributed by atoms with Crippen LogP contribution in [0.25, 0.3) is 6.08 Å². The number of hydrogen-bond acceptors (Lipinski definition) is 3. The second-order valence-electron chi connectivity index (χ2n) is 6.83. The zero-order valence-corrected chi connectivity index (χ0v) is 15.9. The number of nitrogens with zero attached hydrogens (tertiary/aromatic N) is 1. The molecule has 140 valence electrons. The van der Waals surface area contributed by atoms with Crippen LogP contribution in [0.3, 0.4) is 0 Å². The Morgan fingerprint density at radius 2 is 1.89 bits per heavy atom. The zero-order chi connectivity index (χ0) is 19.4. The van der Waals surface area contributed by atoms with E-state index < -0.39 is 0 Å². The van der Waals surface area contributed by atoms with Gasteiger partial charge in [0.25, 0.3) is 5.91 Å². The van der Waals surface area contributed by atoms with Crippen molar-refractivity contribution >= 4 is 17.9 Å². The molecule has 0 radical (unpaired) electrons. The highest BCUT2D eigenvalue weighted by molar-refractivity contribution is 5.86. The van der Waals surface area contributed by atoms with Crippen LogP contribution in [0.2, 0.25) is 0 Å². The van der Waals surface area contributed by atoms with Crippen molar-refractivity contribution in [2.24, 2.45) is 10.9 Å². The van der Waals surface area contributed by atoms with Crippen LogP contribution in [-0.2, 0) is 16.0 Å². The van der Waals surface area contributed by atoms with Gasteiger partial charge in [0.05, 0.1) is 24.8 Å². The fourth-order valence-corrected chi connectivity index (χ4v) is 3.15. The van der Waals surface area contributed by atoms with Crippen LogP contribution in [0, 0.1) is 19.8 Å². The van der Waals surface area contributed by atoms with Crippen molar-refractivity contribution in [3.8, 4) is 5.75 Å². The molecule has 1 N–H and O–H groups in total. The maximum Gasteiger partial charge on any atom is 0.253 e. The van der Waals surface area contributed by atoms with Crippen LogP contribution in [0.5, 0.6) is 5.75 Å². The summed E-state index contributed by atoms with van der Waals surface area (Å²) in [7, 11) is 1.61. The molecule has 2 aromatic carbocycles. The number of carbonyl (C=O) groups is 2. The lowest BCUT2D eigenvalue weighted by molar-refractivity contribution is -0.122. The third-order valence-electron chi connectivity index (χ3n) is 4.95. The van der Waals surface area contributed by atoms with Gasteiger partial charge in [-0.25, -0.2) is 4.99 Å². The first kappa shape index (κ1) is 18.8. The maximum atomic E-state index is 12.3.